The van der Waals surface area contributed by atoms with Crippen LogP contribution in [0.4, 0.5) is 0 Å². The molecule has 0 fully saturated rings. The number of aliphatic hydroxyl groups is 1. The number of fused-ring (bicyclic) bond motifs is 1. The van der Waals surface area contributed by atoms with Crippen LogP contribution in [0.2, 0.25) is 0 Å². The van der Waals surface area contributed by atoms with Crippen LogP contribution >= 0.6 is 0 Å². The zero-order valence-corrected chi connectivity index (χ0v) is 22.5. The van der Waals surface area contributed by atoms with Gasteiger partial charge in [0.15, 0.2) is 11.5 Å². The lowest BCUT2D eigenvalue weighted by Crippen LogP contribution is -2.38. The van der Waals surface area contributed by atoms with Gasteiger partial charge >= 0.3 is 0 Å². The third-order valence-corrected chi connectivity index (χ3v) is 7.50. The minimum Gasteiger partial charge on any atom is -0.497 e. The van der Waals surface area contributed by atoms with Crippen LogP contribution in [0.15, 0.2) is 97.1 Å². The molecule has 0 heterocycles. The molecule has 5 rings (SSSR count). The quantitative estimate of drug-likeness (QED) is 0.182. The summed E-state index contributed by atoms with van der Waals surface area (Å²) in [6.07, 6.45) is 4.12. The van der Waals surface area contributed by atoms with Crippen molar-refractivity contribution in [2.75, 3.05) is 7.11 Å². The van der Waals surface area contributed by atoms with Crippen LogP contribution in [0.3, 0.4) is 0 Å². The Morgan fingerprint density at radius 3 is 2.23 bits per heavy atom. The van der Waals surface area contributed by atoms with Crippen molar-refractivity contribution in [3.8, 4) is 17.2 Å². The van der Waals surface area contributed by atoms with Crippen molar-refractivity contribution >= 4 is 0 Å². The molecule has 3 N–H and O–H groups in total. The second-order valence-corrected chi connectivity index (χ2v) is 10.4. The second-order valence-electron chi connectivity index (χ2n) is 10.4. The predicted octanol–water partition coefficient (Wildman–Crippen LogP) is 6.54. The Morgan fingerprint density at radius 2 is 1.54 bits per heavy atom. The molecule has 2 unspecified atom stereocenters. The van der Waals surface area contributed by atoms with Crippen molar-refractivity contribution in [1.29, 1.82) is 0 Å². The summed E-state index contributed by atoms with van der Waals surface area (Å²) in [6.45, 7) is 0.950. The van der Waals surface area contributed by atoms with Crippen LogP contribution in [0, 0.1) is 5.92 Å². The summed E-state index contributed by atoms with van der Waals surface area (Å²) >= 11 is 0. The summed E-state index contributed by atoms with van der Waals surface area (Å²) in [5.74, 6) is 2.50. The fourth-order valence-corrected chi connectivity index (χ4v) is 5.45. The summed E-state index contributed by atoms with van der Waals surface area (Å²) in [4.78, 5) is 0. The molecule has 1 aliphatic rings. The highest BCUT2D eigenvalue weighted by molar-refractivity contribution is 5.52. The number of hydrogen-bond acceptors (Lipinski definition) is 5. The highest BCUT2D eigenvalue weighted by Gasteiger charge is 2.31. The molecule has 202 valence electrons. The first-order valence-electron chi connectivity index (χ1n) is 13.7. The first kappa shape index (κ1) is 26.8. The maximum Gasteiger partial charge on any atom is 0.165 e. The van der Waals surface area contributed by atoms with E-state index in [0.717, 1.165) is 48.3 Å². The molecule has 5 heteroatoms. The van der Waals surface area contributed by atoms with Crippen molar-refractivity contribution in [2.45, 2.75) is 51.0 Å². The Hall–Kier alpha value is -3.80. The third-order valence-electron chi connectivity index (χ3n) is 7.50. The van der Waals surface area contributed by atoms with Gasteiger partial charge in [-0.3, -0.25) is 5.73 Å². The van der Waals surface area contributed by atoms with E-state index in [0.29, 0.717) is 30.9 Å². The molecule has 0 radical (unpaired) electrons. The van der Waals surface area contributed by atoms with Crippen molar-refractivity contribution in [3.63, 3.8) is 0 Å². The van der Waals surface area contributed by atoms with Gasteiger partial charge in [0, 0.05) is 11.1 Å². The average Bonchev–Trinajstić information content (AvgIpc) is 3.17. The smallest absolute Gasteiger partial charge is 0.165 e. The molecule has 0 bridgehead atoms. The molecule has 0 saturated carbocycles. The lowest BCUT2D eigenvalue weighted by molar-refractivity contribution is 0.0157. The van der Waals surface area contributed by atoms with E-state index < -0.39 is 5.72 Å². The van der Waals surface area contributed by atoms with Gasteiger partial charge < -0.3 is 19.3 Å². The predicted molar refractivity (Wildman–Crippen MR) is 154 cm³/mol. The largest absolute Gasteiger partial charge is 0.497 e. The zero-order valence-electron chi connectivity index (χ0n) is 22.5. The Bertz CT molecular complexity index is 1350. The first-order chi connectivity index (χ1) is 19.0. The van der Waals surface area contributed by atoms with Gasteiger partial charge in [0.1, 0.15) is 24.7 Å². The minimum atomic E-state index is -1.44. The lowest BCUT2D eigenvalue weighted by atomic mass is 9.86. The summed E-state index contributed by atoms with van der Waals surface area (Å²) in [6, 6.07) is 32.0. The third kappa shape index (κ3) is 6.80. The number of ether oxygens (including phenoxy) is 3. The lowest BCUT2D eigenvalue weighted by Gasteiger charge is -2.29. The molecular formula is C34H37NO4. The molecule has 0 aromatic heterocycles. The van der Waals surface area contributed by atoms with Crippen LogP contribution in [-0.2, 0) is 31.8 Å². The Labute approximate surface area is 231 Å². The average molecular weight is 524 g/mol. The van der Waals surface area contributed by atoms with E-state index in [1.807, 2.05) is 66.7 Å². The van der Waals surface area contributed by atoms with E-state index >= 15 is 0 Å². The van der Waals surface area contributed by atoms with E-state index in [4.69, 9.17) is 19.9 Å². The van der Waals surface area contributed by atoms with Crippen LogP contribution in [0.5, 0.6) is 17.2 Å². The molecule has 39 heavy (non-hydrogen) atoms. The topological polar surface area (TPSA) is 73.9 Å². The SMILES string of the molecule is COc1cccc(C(N)(O)CC2CCCc3c(ccc(OCc4ccccc4)c3OCc3ccccc3)C2)c1. The van der Waals surface area contributed by atoms with Crippen molar-refractivity contribution in [2.24, 2.45) is 11.7 Å². The summed E-state index contributed by atoms with van der Waals surface area (Å²) in [7, 11) is 1.62. The number of methoxy groups -OCH3 is 1. The molecule has 0 spiro atoms. The fraction of sp³-hybridized carbons (Fsp3) is 0.294. The van der Waals surface area contributed by atoms with Crippen molar-refractivity contribution in [3.05, 3.63) is 125 Å². The Morgan fingerprint density at radius 1 is 0.846 bits per heavy atom. The fourth-order valence-electron chi connectivity index (χ4n) is 5.45. The second kappa shape index (κ2) is 12.4. The number of nitrogens with two attached hydrogens (primary N) is 1. The van der Waals surface area contributed by atoms with E-state index in [1.165, 1.54) is 11.1 Å². The molecule has 0 aliphatic heterocycles. The molecule has 0 amide bonds. The standard InChI is InChI=1S/C34H37NO4/c1-37-30-16-9-15-29(21-30)34(35,36)22-27-14-8-17-31-28(20-27)18-19-32(38-23-25-10-4-2-5-11-25)33(31)39-24-26-12-6-3-7-13-26/h2-7,9-13,15-16,18-19,21,27,36H,8,14,17,20,22-24,35H2,1H3. The normalized spacial score (nSPS) is 16.4. The number of hydrogen-bond donors (Lipinski definition) is 2. The molecule has 1 aliphatic carbocycles. The van der Waals surface area contributed by atoms with E-state index in [-0.39, 0.29) is 5.92 Å². The molecular weight excluding hydrogens is 486 g/mol. The van der Waals surface area contributed by atoms with Crippen LogP contribution in [0.1, 0.15) is 47.1 Å². The number of rotatable bonds is 10. The van der Waals surface area contributed by atoms with Gasteiger partial charge in [0.2, 0.25) is 0 Å². The van der Waals surface area contributed by atoms with Gasteiger partial charge in [-0.15, -0.1) is 0 Å². The van der Waals surface area contributed by atoms with E-state index in [9.17, 15) is 5.11 Å². The summed E-state index contributed by atoms with van der Waals surface area (Å²) in [5.41, 5.74) is 10.4. The minimum absolute atomic E-state index is 0.227. The first-order valence-corrected chi connectivity index (χ1v) is 13.7. The van der Waals surface area contributed by atoms with Crippen LogP contribution < -0.4 is 19.9 Å². The summed E-state index contributed by atoms with van der Waals surface area (Å²) in [5, 5.41) is 11.3. The maximum absolute atomic E-state index is 11.3. The zero-order chi connectivity index (χ0) is 27.1. The summed E-state index contributed by atoms with van der Waals surface area (Å²) < 4.78 is 18.1. The van der Waals surface area contributed by atoms with Crippen LogP contribution in [-0.4, -0.2) is 12.2 Å². The van der Waals surface area contributed by atoms with Gasteiger partial charge in [-0.25, -0.2) is 0 Å². The van der Waals surface area contributed by atoms with Crippen molar-refractivity contribution < 1.29 is 19.3 Å². The molecule has 2 atom stereocenters. The maximum atomic E-state index is 11.3. The molecule has 0 saturated heterocycles. The molecule has 4 aromatic carbocycles. The molecule has 5 nitrogen and oxygen atoms in total. The van der Waals surface area contributed by atoms with E-state index in [1.54, 1.807) is 7.11 Å². The number of benzene rings is 4. The van der Waals surface area contributed by atoms with Gasteiger partial charge in [0.05, 0.1) is 7.11 Å². The highest BCUT2D eigenvalue weighted by atomic mass is 16.5. The van der Waals surface area contributed by atoms with Gasteiger partial charge in [0.25, 0.3) is 0 Å². The highest BCUT2D eigenvalue weighted by Crippen LogP contribution is 2.41. The Balaban J connectivity index is 1.38. The van der Waals surface area contributed by atoms with E-state index in [2.05, 4.69) is 30.3 Å². The van der Waals surface area contributed by atoms with Gasteiger partial charge in [-0.1, -0.05) is 78.9 Å². The monoisotopic (exact) mass is 523 g/mol. The van der Waals surface area contributed by atoms with Crippen molar-refractivity contribution in [1.82, 2.24) is 0 Å². The molecule has 4 aromatic rings. The van der Waals surface area contributed by atoms with Gasteiger partial charge in [-0.05, 0) is 72.9 Å². The van der Waals surface area contributed by atoms with Crippen LogP contribution in [0.25, 0.3) is 0 Å². The van der Waals surface area contributed by atoms with Gasteiger partial charge in [-0.2, -0.15) is 0 Å². The Kier molecular flexibility index (Phi) is 8.50.